The summed E-state index contributed by atoms with van der Waals surface area (Å²) in [6.45, 7) is 2.33. The quantitative estimate of drug-likeness (QED) is 0.823. The van der Waals surface area contributed by atoms with Crippen LogP contribution in [0.4, 0.5) is 14.5 Å². The Morgan fingerprint density at radius 1 is 1.25 bits per heavy atom. The van der Waals surface area contributed by atoms with Crippen molar-refractivity contribution in [1.29, 1.82) is 0 Å². The van der Waals surface area contributed by atoms with Crippen LogP contribution in [0.5, 0.6) is 0 Å². The van der Waals surface area contributed by atoms with Crippen molar-refractivity contribution < 1.29 is 8.78 Å². The second kappa shape index (κ2) is 4.81. The smallest absolute Gasteiger partial charge is 0.152 e. The van der Waals surface area contributed by atoms with Gasteiger partial charge in [0.2, 0.25) is 0 Å². The summed E-state index contributed by atoms with van der Waals surface area (Å²) in [5, 5.41) is 2.91. The highest BCUT2D eigenvalue weighted by Crippen LogP contribution is 2.27. The molecule has 1 fully saturated rings. The molecule has 0 radical (unpaired) electrons. The molecule has 0 atom stereocenters. The standard InChI is InChI=1S/C13H17F2N/c1-9-6-7-11(14)13(12(9)15)16-8-10-4-2-3-5-10/h6-7,10,16H,2-5,8H2,1H3. The molecule has 0 bridgehead atoms. The highest BCUT2D eigenvalue weighted by Gasteiger charge is 2.17. The number of hydrogen-bond donors (Lipinski definition) is 1. The van der Waals surface area contributed by atoms with Crippen molar-refractivity contribution >= 4 is 5.69 Å². The normalized spacial score (nSPS) is 16.7. The van der Waals surface area contributed by atoms with Gasteiger partial charge in [-0.15, -0.1) is 0 Å². The number of anilines is 1. The van der Waals surface area contributed by atoms with E-state index in [2.05, 4.69) is 5.32 Å². The molecule has 16 heavy (non-hydrogen) atoms. The van der Waals surface area contributed by atoms with E-state index in [1.54, 1.807) is 6.92 Å². The van der Waals surface area contributed by atoms with Gasteiger partial charge in [-0.1, -0.05) is 18.9 Å². The topological polar surface area (TPSA) is 12.0 Å². The minimum Gasteiger partial charge on any atom is -0.380 e. The number of halogens is 2. The van der Waals surface area contributed by atoms with Gasteiger partial charge in [-0.3, -0.25) is 0 Å². The molecule has 1 aliphatic rings. The Morgan fingerprint density at radius 2 is 1.94 bits per heavy atom. The van der Waals surface area contributed by atoms with E-state index < -0.39 is 11.6 Å². The zero-order valence-electron chi connectivity index (χ0n) is 9.52. The summed E-state index contributed by atoms with van der Waals surface area (Å²) in [6, 6.07) is 2.78. The fraction of sp³-hybridized carbons (Fsp3) is 0.538. The fourth-order valence-electron chi connectivity index (χ4n) is 2.28. The van der Waals surface area contributed by atoms with Crippen LogP contribution in [0.25, 0.3) is 0 Å². The highest BCUT2D eigenvalue weighted by atomic mass is 19.1. The summed E-state index contributed by atoms with van der Waals surface area (Å²) >= 11 is 0. The summed E-state index contributed by atoms with van der Waals surface area (Å²) in [5.74, 6) is -0.390. The molecule has 3 heteroatoms. The fourth-order valence-corrected chi connectivity index (χ4v) is 2.28. The van der Waals surface area contributed by atoms with Crippen molar-refractivity contribution in [2.24, 2.45) is 5.92 Å². The lowest BCUT2D eigenvalue weighted by atomic mass is 10.1. The summed E-state index contributed by atoms with van der Waals surface area (Å²) in [4.78, 5) is 0. The maximum Gasteiger partial charge on any atom is 0.152 e. The van der Waals surface area contributed by atoms with E-state index in [1.807, 2.05) is 0 Å². The van der Waals surface area contributed by atoms with Crippen molar-refractivity contribution in [3.63, 3.8) is 0 Å². The highest BCUT2D eigenvalue weighted by molar-refractivity contribution is 5.48. The lowest BCUT2D eigenvalue weighted by molar-refractivity contribution is 0.556. The Hall–Kier alpha value is -1.12. The van der Waals surface area contributed by atoms with Gasteiger partial charge in [0.1, 0.15) is 11.5 Å². The zero-order valence-corrected chi connectivity index (χ0v) is 9.52. The minimum atomic E-state index is -0.499. The zero-order chi connectivity index (χ0) is 11.5. The van der Waals surface area contributed by atoms with Gasteiger partial charge in [-0.25, -0.2) is 8.78 Å². The lowest BCUT2D eigenvalue weighted by Crippen LogP contribution is -2.13. The van der Waals surface area contributed by atoms with Crippen LogP contribution in [0.2, 0.25) is 0 Å². The Labute approximate surface area is 94.9 Å². The minimum absolute atomic E-state index is 0.0342. The van der Waals surface area contributed by atoms with E-state index >= 15 is 0 Å². The first-order chi connectivity index (χ1) is 7.68. The van der Waals surface area contributed by atoms with Crippen LogP contribution in [-0.2, 0) is 0 Å². The van der Waals surface area contributed by atoms with Gasteiger partial charge in [0.05, 0.1) is 0 Å². The second-order valence-electron chi connectivity index (χ2n) is 4.58. The Balaban J connectivity index is 2.05. The van der Waals surface area contributed by atoms with Crippen molar-refractivity contribution in [2.75, 3.05) is 11.9 Å². The molecular formula is C13H17F2N. The molecule has 0 unspecified atom stereocenters. The molecule has 0 aromatic heterocycles. The monoisotopic (exact) mass is 225 g/mol. The van der Waals surface area contributed by atoms with E-state index in [9.17, 15) is 8.78 Å². The molecule has 0 aliphatic heterocycles. The summed E-state index contributed by atoms with van der Waals surface area (Å²) in [6.07, 6.45) is 4.82. The van der Waals surface area contributed by atoms with Crippen LogP contribution in [0.3, 0.4) is 0 Å². The number of rotatable bonds is 3. The van der Waals surface area contributed by atoms with Crippen LogP contribution in [0, 0.1) is 24.5 Å². The molecular weight excluding hydrogens is 208 g/mol. The molecule has 1 N–H and O–H groups in total. The third-order valence-electron chi connectivity index (χ3n) is 3.33. The largest absolute Gasteiger partial charge is 0.380 e. The molecule has 1 aromatic rings. The summed E-state index contributed by atoms with van der Waals surface area (Å²) in [7, 11) is 0. The van der Waals surface area contributed by atoms with E-state index in [0.29, 0.717) is 18.0 Å². The van der Waals surface area contributed by atoms with Gasteiger partial charge in [0, 0.05) is 6.54 Å². The molecule has 1 aromatic carbocycles. The molecule has 0 spiro atoms. The maximum absolute atomic E-state index is 13.6. The third-order valence-corrected chi connectivity index (χ3v) is 3.33. The number of hydrogen-bond acceptors (Lipinski definition) is 1. The van der Waals surface area contributed by atoms with Gasteiger partial charge in [0.25, 0.3) is 0 Å². The van der Waals surface area contributed by atoms with Gasteiger partial charge in [-0.2, -0.15) is 0 Å². The van der Waals surface area contributed by atoms with Crippen LogP contribution in [0.15, 0.2) is 12.1 Å². The molecule has 1 aliphatic carbocycles. The third kappa shape index (κ3) is 2.34. The molecule has 0 heterocycles. The molecule has 2 rings (SSSR count). The van der Waals surface area contributed by atoms with E-state index in [-0.39, 0.29) is 5.69 Å². The molecule has 1 saturated carbocycles. The van der Waals surface area contributed by atoms with Gasteiger partial charge in [0.15, 0.2) is 5.82 Å². The lowest BCUT2D eigenvalue weighted by Gasteiger charge is -2.14. The molecule has 0 amide bonds. The predicted molar refractivity (Wildman–Crippen MR) is 61.5 cm³/mol. The number of aryl methyl sites for hydroxylation is 1. The van der Waals surface area contributed by atoms with E-state index in [1.165, 1.54) is 37.8 Å². The van der Waals surface area contributed by atoms with Crippen LogP contribution in [-0.4, -0.2) is 6.54 Å². The van der Waals surface area contributed by atoms with Crippen molar-refractivity contribution in [3.8, 4) is 0 Å². The molecule has 1 nitrogen and oxygen atoms in total. The molecule has 0 saturated heterocycles. The van der Waals surface area contributed by atoms with Gasteiger partial charge >= 0.3 is 0 Å². The average molecular weight is 225 g/mol. The van der Waals surface area contributed by atoms with Gasteiger partial charge < -0.3 is 5.32 Å². The van der Waals surface area contributed by atoms with Gasteiger partial charge in [-0.05, 0) is 37.3 Å². The Morgan fingerprint density at radius 3 is 2.62 bits per heavy atom. The first-order valence-corrected chi connectivity index (χ1v) is 5.87. The van der Waals surface area contributed by atoms with Crippen LogP contribution >= 0.6 is 0 Å². The second-order valence-corrected chi connectivity index (χ2v) is 4.58. The van der Waals surface area contributed by atoms with E-state index in [0.717, 1.165) is 0 Å². The first kappa shape index (κ1) is 11.4. The van der Waals surface area contributed by atoms with Crippen molar-refractivity contribution in [2.45, 2.75) is 32.6 Å². The van der Waals surface area contributed by atoms with Crippen LogP contribution < -0.4 is 5.32 Å². The van der Waals surface area contributed by atoms with E-state index in [4.69, 9.17) is 0 Å². The summed E-state index contributed by atoms with van der Waals surface area (Å²) in [5.41, 5.74) is 0.516. The number of benzene rings is 1. The van der Waals surface area contributed by atoms with Crippen molar-refractivity contribution in [1.82, 2.24) is 0 Å². The summed E-state index contributed by atoms with van der Waals surface area (Å²) < 4.78 is 27.0. The Kier molecular flexibility index (Phi) is 3.42. The maximum atomic E-state index is 13.6. The molecule has 88 valence electrons. The predicted octanol–water partition coefficient (Wildman–Crippen LogP) is 3.88. The average Bonchev–Trinajstić information content (AvgIpc) is 2.77. The van der Waals surface area contributed by atoms with Crippen molar-refractivity contribution in [3.05, 3.63) is 29.3 Å². The SMILES string of the molecule is Cc1ccc(F)c(NCC2CCCC2)c1F. The first-order valence-electron chi connectivity index (χ1n) is 5.87. The number of nitrogens with one attached hydrogen (secondary N) is 1. The Bertz CT molecular complexity index is 370. The van der Waals surface area contributed by atoms with Crippen LogP contribution in [0.1, 0.15) is 31.2 Å².